The monoisotopic (exact) mass is 406 g/mol. The van der Waals surface area contributed by atoms with Gasteiger partial charge >= 0.3 is 0 Å². The van der Waals surface area contributed by atoms with Crippen LogP contribution in [0.4, 0.5) is 14.5 Å². The Morgan fingerprint density at radius 1 is 1.07 bits per heavy atom. The number of hydrogen-bond donors (Lipinski definition) is 1. The van der Waals surface area contributed by atoms with E-state index in [9.17, 15) is 8.78 Å². The second-order valence-electron chi connectivity index (χ2n) is 7.51. The highest BCUT2D eigenvalue weighted by molar-refractivity contribution is 6.30. The number of fused-ring (bicyclic) bond motifs is 3. The van der Waals surface area contributed by atoms with Crippen LogP contribution in [0, 0.1) is 11.6 Å². The summed E-state index contributed by atoms with van der Waals surface area (Å²) < 4.78 is 41.1. The fraction of sp³-hybridized carbons (Fsp3) is 0.429. The quantitative estimate of drug-likeness (QED) is 0.818. The molecule has 28 heavy (non-hydrogen) atoms. The van der Waals surface area contributed by atoms with Crippen LogP contribution in [0.5, 0.6) is 5.75 Å². The van der Waals surface area contributed by atoms with Gasteiger partial charge in [0.25, 0.3) is 0 Å². The minimum atomic E-state index is -0.657. The topological polar surface area (TPSA) is 33.7 Å². The number of piperidine rings is 1. The van der Waals surface area contributed by atoms with Gasteiger partial charge in [-0.1, -0.05) is 11.6 Å². The van der Waals surface area contributed by atoms with Crippen LogP contribution in [0.1, 0.15) is 17.9 Å². The van der Waals surface area contributed by atoms with E-state index in [0.717, 1.165) is 61.7 Å². The number of morpholine rings is 1. The summed E-state index contributed by atoms with van der Waals surface area (Å²) >= 11 is 5.82. The van der Waals surface area contributed by atoms with Crippen molar-refractivity contribution in [3.63, 3.8) is 0 Å². The summed E-state index contributed by atoms with van der Waals surface area (Å²) in [7, 11) is 0. The molecular formula is C21H21ClF2N2O2. The van der Waals surface area contributed by atoms with E-state index in [1.54, 1.807) is 0 Å². The zero-order valence-electron chi connectivity index (χ0n) is 15.3. The molecule has 3 aliphatic rings. The Balaban J connectivity index is 1.67. The summed E-state index contributed by atoms with van der Waals surface area (Å²) in [6, 6.07) is 6.03. The zero-order valence-corrected chi connectivity index (χ0v) is 16.1. The van der Waals surface area contributed by atoms with E-state index in [4.69, 9.17) is 21.1 Å². The molecule has 0 amide bonds. The Morgan fingerprint density at radius 2 is 1.82 bits per heavy atom. The summed E-state index contributed by atoms with van der Waals surface area (Å²) in [6.07, 6.45) is 1.02. The van der Waals surface area contributed by atoms with Gasteiger partial charge in [0.1, 0.15) is 23.5 Å². The van der Waals surface area contributed by atoms with Crippen molar-refractivity contribution in [3.8, 4) is 16.9 Å². The highest BCUT2D eigenvalue weighted by atomic mass is 35.5. The van der Waals surface area contributed by atoms with Crippen LogP contribution in [-0.2, 0) is 4.74 Å². The molecule has 1 N–H and O–H groups in total. The average molecular weight is 407 g/mol. The third kappa shape index (κ3) is 3.04. The number of anilines is 1. The lowest BCUT2D eigenvalue weighted by molar-refractivity contribution is 0.122. The summed E-state index contributed by atoms with van der Waals surface area (Å²) in [4.78, 5) is 2.18. The number of ether oxygens (including phenoxy) is 2. The van der Waals surface area contributed by atoms with Crippen molar-refractivity contribution in [2.75, 3.05) is 44.3 Å². The van der Waals surface area contributed by atoms with E-state index in [1.165, 1.54) is 0 Å². The molecule has 2 saturated heterocycles. The van der Waals surface area contributed by atoms with Crippen LogP contribution in [-0.4, -0.2) is 45.5 Å². The van der Waals surface area contributed by atoms with Gasteiger partial charge in [-0.3, -0.25) is 0 Å². The molecule has 0 bridgehead atoms. The molecular weight excluding hydrogens is 386 g/mol. The first kappa shape index (κ1) is 18.2. The number of nitrogens with one attached hydrogen (secondary N) is 1. The molecule has 0 spiro atoms. The Morgan fingerprint density at radius 3 is 2.57 bits per heavy atom. The van der Waals surface area contributed by atoms with Gasteiger partial charge in [0.05, 0.1) is 24.5 Å². The Kier molecular flexibility index (Phi) is 4.65. The van der Waals surface area contributed by atoms with E-state index in [-0.39, 0.29) is 22.6 Å². The Labute approximate surface area is 167 Å². The minimum absolute atomic E-state index is 0.0473. The lowest BCUT2D eigenvalue weighted by Crippen LogP contribution is -2.38. The zero-order chi connectivity index (χ0) is 19.3. The first-order valence-electron chi connectivity index (χ1n) is 9.65. The molecule has 4 nitrogen and oxygen atoms in total. The van der Waals surface area contributed by atoms with Gasteiger partial charge in [-0.2, -0.15) is 0 Å². The molecule has 0 aromatic heterocycles. The predicted molar refractivity (Wildman–Crippen MR) is 104 cm³/mol. The van der Waals surface area contributed by atoms with E-state index < -0.39 is 11.6 Å². The smallest absolute Gasteiger partial charge is 0.146 e. The van der Waals surface area contributed by atoms with Crippen LogP contribution >= 0.6 is 11.6 Å². The number of rotatable bonds is 2. The molecule has 3 heterocycles. The van der Waals surface area contributed by atoms with Crippen LogP contribution in [0.2, 0.25) is 5.02 Å². The third-order valence-corrected chi connectivity index (χ3v) is 6.05. The van der Waals surface area contributed by atoms with Gasteiger partial charge in [0.15, 0.2) is 0 Å². The minimum Gasteiger partial charge on any atom is -0.487 e. The maximum absolute atomic E-state index is 14.7. The van der Waals surface area contributed by atoms with Crippen LogP contribution < -0.4 is 15.0 Å². The fourth-order valence-electron chi connectivity index (χ4n) is 4.48. The Bertz CT molecular complexity index is 895. The molecule has 3 aliphatic heterocycles. The maximum Gasteiger partial charge on any atom is 0.146 e. The molecule has 2 unspecified atom stereocenters. The number of benzene rings is 2. The second kappa shape index (κ2) is 7.17. The van der Waals surface area contributed by atoms with Gasteiger partial charge in [0.2, 0.25) is 0 Å². The lowest BCUT2D eigenvalue weighted by Gasteiger charge is -2.30. The van der Waals surface area contributed by atoms with E-state index in [1.807, 2.05) is 12.1 Å². The largest absolute Gasteiger partial charge is 0.487 e. The van der Waals surface area contributed by atoms with Crippen molar-refractivity contribution >= 4 is 17.3 Å². The van der Waals surface area contributed by atoms with Crippen LogP contribution in [0.15, 0.2) is 24.3 Å². The van der Waals surface area contributed by atoms with Gasteiger partial charge in [-0.25, -0.2) is 8.78 Å². The molecule has 2 aromatic carbocycles. The number of hydrogen-bond acceptors (Lipinski definition) is 4. The first-order chi connectivity index (χ1) is 13.6. The normalized spacial score (nSPS) is 23.9. The van der Waals surface area contributed by atoms with Gasteiger partial charge < -0.3 is 19.7 Å². The molecule has 0 aliphatic carbocycles. The van der Waals surface area contributed by atoms with E-state index >= 15 is 0 Å². The summed E-state index contributed by atoms with van der Waals surface area (Å²) in [5.41, 5.74) is 2.37. The molecule has 2 fully saturated rings. The summed E-state index contributed by atoms with van der Waals surface area (Å²) in [5.74, 6) is -0.286. The molecule has 2 aromatic rings. The highest BCUT2D eigenvalue weighted by Crippen LogP contribution is 2.49. The van der Waals surface area contributed by atoms with Crippen molar-refractivity contribution in [3.05, 3.63) is 46.5 Å². The lowest BCUT2D eigenvalue weighted by atomic mass is 9.88. The van der Waals surface area contributed by atoms with E-state index in [0.29, 0.717) is 18.8 Å². The summed E-state index contributed by atoms with van der Waals surface area (Å²) in [5, 5.41) is 3.46. The van der Waals surface area contributed by atoms with Crippen LogP contribution in [0.25, 0.3) is 11.1 Å². The van der Waals surface area contributed by atoms with Gasteiger partial charge in [-0.05, 0) is 42.8 Å². The molecule has 0 saturated carbocycles. The molecule has 7 heteroatoms. The van der Waals surface area contributed by atoms with Gasteiger partial charge in [-0.15, -0.1) is 0 Å². The fourth-order valence-corrected chi connectivity index (χ4v) is 4.67. The third-order valence-electron chi connectivity index (χ3n) is 5.83. The van der Waals surface area contributed by atoms with Crippen molar-refractivity contribution in [1.82, 2.24) is 5.32 Å². The SMILES string of the molecule is Fc1cc(Cl)cc(F)c1-c1cc2c(c(N3CCOCC3)c1)OC1CCNCC21. The van der Waals surface area contributed by atoms with Crippen molar-refractivity contribution in [1.29, 1.82) is 0 Å². The predicted octanol–water partition coefficient (Wildman–Crippen LogP) is 3.96. The molecule has 0 radical (unpaired) electrons. The first-order valence-corrected chi connectivity index (χ1v) is 10.0. The second-order valence-corrected chi connectivity index (χ2v) is 7.95. The molecule has 5 rings (SSSR count). The van der Waals surface area contributed by atoms with Crippen LogP contribution in [0.3, 0.4) is 0 Å². The van der Waals surface area contributed by atoms with Crippen molar-refractivity contribution in [2.24, 2.45) is 0 Å². The van der Waals surface area contributed by atoms with Crippen molar-refractivity contribution in [2.45, 2.75) is 18.4 Å². The molecule has 2 atom stereocenters. The average Bonchev–Trinajstić information content (AvgIpc) is 3.06. The van der Waals surface area contributed by atoms with Gasteiger partial charge in [0, 0.05) is 36.1 Å². The highest BCUT2D eigenvalue weighted by Gasteiger charge is 2.39. The standard InChI is InChI=1S/C21H21ClF2N2O2/c22-13-9-16(23)20(17(24)10-13)12-7-14-15-11-25-2-1-19(15)28-21(14)18(8-12)26-3-5-27-6-4-26/h7-10,15,19,25H,1-6,11H2. The Hall–Kier alpha value is -1.89. The van der Waals surface area contributed by atoms with E-state index in [2.05, 4.69) is 10.2 Å². The van der Waals surface area contributed by atoms with Crippen molar-refractivity contribution < 1.29 is 18.3 Å². The summed E-state index contributed by atoms with van der Waals surface area (Å²) in [6.45, 7) is 4.40. The molecule has 148 valence electrons. The number of nitrogens with zero attached hydrogens (tertiary/aromatic N) is 1. The maximum atomic E-state index is 14.7. The number of halogens is 3.